The first-order valence-electron chi connectivity index (χ1n) is 7.89. The van der Waals surface area contributed by atoms with E-state index >= 15 is 0 Å². The SMILES string of the molecule is COCCC(NC(=O)c1ccc(N)cc1-c1ccccc1)C(=O)OC. The van der Waals surface area contributed by atoms with Gasteiger partial charge in [-0.3, -0.25) is 4.79 Å². The van der Waals surface area contributed by atoms with E-state index in [0.29, 0.717) is 29.8 Å². The third kappa shape index (κ3) is 4.81. The van der Waals surface area contributed by atoms with Crippen LogP contribution in [-0.4, -0.2) is 38.7 Å². The zero-order valence-electron chi connectivity index (χ0n) is 14.3. The van der Waals surface area contributed by atoms with Gasteiger partial charge in [-0.15, -0.1) is 0 Å². The molecule has 0 saturated heterocycles. The van der Waals surface area contributed by atoms with Crippen molar-refractivity contribution >= 4 is 17.6 Å². The maximum atomic E-state index is 12.7. The molecule has 0 aliphatic carbocycles. The summed E-state index contributed by atoms with van der Waals surface area (Å²) in [6.45, 7) is 0.327. The average molecular weight is 342 g/mol. The predicted molar refractivity (Wildman–Crippen MR) is 96.1 cm³/mol. The van der Waals surface area contributed by atoms with Crippen molar-refractivity contribution in [1.82, 2.24) is 5.32 Å². The molecular formula is C19H22N2O4. The normalized spacial score (nSPS) is 11.6. The smallest absolute Gasteiger partial charge is 0.328 e. The van der Waals surface area contributed by atoms with Crippen LogP contribution < -0.4 is 11.1 Å². The van der Waals surface area contributed by atoms with Gasteiger partial charge >= 0.3 is 5.97 Å². The molecule has 1 amide bonds. The van der Waals surface area contributed by atoms with Crippen LogP contribution in [0, 0.1) is 0 Å². The minimum absolute atomic E-state index is 0.324. The number of hydrogen-bond acceptors (Lipinski definition) is 5. The maximum absolute atomic E-state index is 12.7. The predicted octanol–water partition coefficient (Wildman–Crippen LogP) is 2.24. The Kier molecular flexibility index (Phi) is 6.54. The standard InChI is InChI=1S/C19H22N2O4/c1-24-11-10-17(19(23)25-2)21-18(22)15-9-8-14(20)12-16(15)13-6-4-3-5-7-13/h3-9,12,17H,10-11,20H2,1-2H3,(H,21,22). The molecule has 2 aromatic carbocycles. The first-order chi connectivity index (χ1) is 12.1. The number of methoxy groups -OCH3 is 2. The monoisotopic (exact) mass is 342 g/mol. The summed E-state index contributed by atoms with van der Waals surface area (Å²) in [6.07, 6.45) is 0.324. The molecule has 0 spiro atoms. The Hall–Kier alpha value is -2.86. The van der Waals surface area contributed by atoms with E-state index in [1.807, 2.05) is 30.3 Å². The van der Waals surface area contributed by atoms with Crippen LogP contribution in [0.2, 0.25) is 0 Å². The van der Waals surface area contributed by atoms with Crippen molar-refractivity contribution in [2.24, 2.45) is 0 Å². The molecule has 0 aromatic heterocycles. The Bertz CT molecular complexity index is 731. The van der Waals surface area contributed by atoms with Gasteiger partial charge < -0.3 is 20.5 Å². The first-order valence-corrected chi connectivity index (χ1v) is 7.89. The maximum Gasteiger partial charge on any atom is 0.328 e. The summed E-state index contributed by atoms with van der Waals surface area (Å²) in [4.78, 5) is 24.6. The number of ether oxygens (including phenoxy) is 2. The third-order valence-corrected chi connectivity index (χ3v) is 3.77. The van der Waals surface area contributed by atoms with Crippen LogP contribution >= 0.6 is 0 Å². The van der Waals surface area contributed by atoms with E-state index in [-0.39, 0.29) is 5.91 Å². The van der Waals surface area contributed by atoms with E-state index in [4.69, 9.17) is 15.2 Å². The Balaban J connectivity index is 2.30. The van der Waals surface area contributed by atoms with E-state index in [1.54, 1.807) is 18.2 Å². The largest absolute Gasteiger partial charge is 0.467 e. The molecule has 1 atom stereocenters. The van der Waals surface area contributed by atoms with Crippen molar-refractivity contribution < 1.29 is 19.1 Å². The Morgan fingerprint density at radius 1 is 1.12 bits per heavy atom. The highest BCUT2D eigenvalue weighted by molar-refractivity contribution is 6.03. The number of nitrogens with one attached hydrogen (secondary N) is 1. The lowest BCUT2D eigenvalue weighted by atomic mass is 9.98. The summed E-state index contributed by atoms with van der Waals surface area (Å²) in [5, 5.41) is 2.71. The van der Waals surface area contributed by atoms with Crippen molar-refractivity contribution in [2.45, 2.75) is 12.5 Å². The summed E-state index contributed by atoms with van der Waals surface area (Å²) in [5.74, 6) is -0.882. The third-order valence-electron chi connectivity index (χ3n) is 3.77. The molecule has 0 saturated carbocycles. The Morgan fingerprint density at radius 3 is 2.48 bits per heavy atom. The number of nitrogen functional groups attached to an aromatic ring is 1. The number of benzene rings is 2. The quantitative estimate of drug-likeness (QED) is 0.595. The summed E-state index contributed by atoms with van der Waals surface area (Å²) in [5.41, 5.74) is 8.44. The minimum atomic E-state index is -0.779. The van der Waals surface area contributed by atoms with E-state index in [1.165, 1.54) is 14.2 Å². The molecule has 0 aliphatic heterocycles. The van der Waals surface area contributed by atoms with Crippen molar-refractivity contribution in [3.05, 3.63) is 54.1 Å². The van der Waals surface area contributed by atoms with E-state index in [0.717, 1.165) is 5.56 Å². The molecule has 0 heterocycles. The topological polar surface area (TPSA) is 90.6 Å². The lowest BCUT2D eigenvalue weighted by Gasteiger charge is -2.18. The highest BCUT2D eigenvalue weighted by Gasteiger charge is 2.23. The molecule has 132 valence electrons. The van der Waals surface area contributed by atoms with Gasteiger partial charge in [0.05, 0.1) is 7.11 Å². The van der Waals surface area contributed by atoms with Crippen LogP contribution in [-0.2, 0) is 14.3 Å². The molecule has 3 N–H and O–H groups in total. The van der Waals surface area contributed by atoms with Crippen LogP contribution in [0.15, 0.2) is 48.5 Å². The highest BCUT2D eigenvalue weighted by atomic mass is 16.5. The molecule has 0 bridgehead atoms. The molecule has 2 aromatic rings. The molecule has 6 nitrogen and oxygen atoms in total. The molecule has 6 heteroatoms. The van der Waals surface area contributed by atoms with Gasteiger partial charge in [-0.25, -0.2) is 4.79 Å². The van der Waals surface area contributed by atoms with Crippen LogP contribution in [0.5, 0.6) is 0 Å². The Labute approximate surface area is 146 Å². The molecule has 0 radical (unpaired) electrons. The van der Waals surface area contributed by atoms with Crippen molar-refractivity contribution in [2.75, 3.05) is 26.6 Å². The van der Waals surface area contributed by atoms with Crippen LogP contribution in [0.25, 0.3) is 11.1 Å². The molecule has 0 fully saturated rings. The summed E-state index contributed by atoms with van der Waals surface area (Å²) < 4.78 is 9.74. The number of carbonyl (C=O) groups is 2. The van der Waals surface area contributed by atoms with E-state index in [9.17, 15) is 9.59 Å². The molecular weight excluding hydrogens is 320 g/mol. The highest BCUT2D eigenvalue weighted by Crippen LogP contribution is 2.26. The number of amides is 1. The lowest BCUT2D eigenvalue weighted by Crippen LogP contribution is -2.42. The van der Waals surface area contributed by atoms with Gasteiger partial charge in [0.1, 0.15) is 6.04 Å². The zero-order valence-corrected chi connectivity index (χ0v) is 14.3. The average Bonchev–Trinajstić information content (AvgIpc) is 2.64. The molecule has 2 rings (SSSR count). The molecule has 25 heavy (non-hydrogen) atoms. The summed E-state index contributed by atoms with van der Waals surface area (Å²) in [6, 6.07) is 13.7. The Morgan fingerprint density at radius 2 is 1.84 bits per heavy atom. The van der Waals surface area contributed by atoms with Crippen LogP contribution in [0.4, 0.5) is 5.69 Å². The van der Waals surface area contributed by atoms with Gasteiger partial charge in [0.25, 0.3) is 5.91 Å². The van der Waals surface area contributed by atoms with Crippen LogP contribution in [0.3, 0.4) is 0 Å². The van der Waals surface area contributed by atoms with Gasteiger partial charge in [-0.05, 0) is 29.3 Å². The number of anilines is 1. The van der Waals surface area contributed by atoms with Crippen molar-refractivity contribution in [3.63, 3.8) is 0 Å². The second-order valence-corrected chi connectivity index (χ2v) is 5.50. The van der Waals surface area contributed by atoms with Crippen molar-refractivity contribution in [3.8, 4) is 11.1 Å². The first kappa shape index (κ1) is 18.5. The summed E-state index contributed by atoms with van der Waals surface area (Å²) in [7, 11) is 2.82. The minimum Gasteiger partial charge on any atom is -0.467 e. The zero-order chi connectivity index (χ0) is 18.2. The van der Waals surface area contributed by atoms with E-state index in [2.05, 4.69) is 5.32 Å². The fourth-order valence-corrected chi connectivity index (χ4v) is 2.48. The number of esters is 1. The number of hydrogen-bond donors (Lipinski definition) is 2. The van der Waals surface area contributed by atoms with Gasteiger partial charge in [0.2, 0.25) is 0 Å². The number of carbonyl (C=O) groups excluding carboxylic acids is 2. The lowest BCUT2D eigenvalue weighted by molar-refractivity contribution is -0.143. The van der Waals surface area contributed by atoms with Crippen LogP contribution in [0.1, 0.15) is 16.8 Å². The fourth-order valence-electron chi connectivity index (χ4n) is 2.48. The molecule has 0 aliphatic rings. The van der Waals surface area contributed by atoms with Gasteiger partial charge in [0, 0.05) is 31.4 Å². The fraction of sp³-hybridized carbons (Fsp3) is 0.263. The van der Waals surface area contributed by atoms with Crippen molar-refractivity contribution in [1.29, 1.82) is 0 Å². The van der Waals surface area contributed by atoms with E-state index < -0.39 is 12.0 Å². The second-order valence-electron chi connectivity index (χ2n) is 5.50. The van der Waals surface area contributed by atoms with Gasteiger partial charge in [0.15, 0.2) is 0 Å². The summed E-state index contributed by atoms with van der Waals surface area (Å²) >= 11 is 0. The van der Waals surface area contributed by atoms with Gasteiger partial charge in [-0.2, -0.15) is 0 Å². The second kappa shape index (κ2) is 8.84. The number of rotatable bonds is 7. The number of nitrogens with two attached hydrogens (primary N) is 1. The van der Waals surface area contributed by atoms with Gasteiger partial charge in [-0.1, -0.05) is 30.3 Å². The molecule has 1 unspecified atom stereocenters.